The van der Waals surface area contributed by atoms with E-state index in [-0.39, 0.29) is 50.8 Å². The lowest BCUT2D eigenvalue weighted by Gasteiger charge is -2.07. The number of non-ortho nitro benzene ring substituents is 2. The minimum atomic E-state index is -1.07. The predicted molar refractivity (Wildman–Crippen MR) is 102 cm³/mol. The number of nitrogens with zero attached hydrogens (tertiary/aromatic N) is 2. The lowest BCUT2D eigenvalue weighted by molar-refractivity contribution is -0.385. The minimum absolute atomic E-state index is 0. The Labute approximate surface area is 166 Å². The summed E-state index contributed by atoms with van der Waals surface area (Å²) in [7, 11) is 0. The molecule has 0 aromatic heterocycles. The molecule has 2 aromatic carbocycles. The number of hydrogen-bond acceptors (Lipinski definition) is 9. The van der Waals surface area contributed by atoms with Crippen molar-refractivity contribution in [3.8, 4) is 5.75 Å². The van der Waals surface area contributed by atoms with E-state index in [0.29, 0.717) is 0 Å². The monoisotopic (exact) mass is 408 g/mol. The summed E-state index contributed by atoms with van der Waals surface area (Å²) < 4.78 is 14.3. The summed E-state index contributed by atoms with van der Waals surface area (Å²) in [5.41, 5.74) is -0.216. The van der Waals surface area contributed by atoms with Gasteiger partial charge in [-0.2, -0.15) is 0 Å². The molecule has 0 saturated heterocycles. The van der Waals surface area contributed by atoms with Crippen LogP contribution in [0, 0.1) is 20.2 Å². The van der Waals surface area contributed by atoms with Gasteiger partial charge in [-0.3, -0.25) is 20.2 Å². The molecule has 2 aromatic rings. The summed E-state index contributed by atoms with van der Waals surface area (Å²) in [6, 6.07) is 9.59. The molecule has 0 unspecified atom stereocenters. The number of carbonyl (C=O) groups excluding carboxylic acids is 2. The summed E-state index contributed by atoms with van der Waals surface area (Å²) in [6.45, 7) is -0.546. The van der Waals surface area contributed by atoms with Crippen LogP contribution < -0.4 is 4.74 Å². The zero-order chi connectivity index (χ0) is 19.8. The van der Waals surface area contributed by atoms with E-state index in [4.69, 9.17) is 14.2 Å². The van der Waals surface area contributed by atoms with Gasteiger partial charge in [0.25, 0.3) is 11.4 Å². The zero-order valence-corrected chi connectivity index (χ0v) is 13.6. The van der Waals surface area contributed by atoms with Crippen molar-refractivity contribution in [3.63, 3.8) is 0 Å². The van der Waals surface area contributed by atoms with Crippen LogP contribution in [0.25, 0.3) is 0 Å². The molecule has 0 bridgehead atoms. The molecule has 0 saturated carbocycles. The summed E-state index contributed by atoms with van der Waals surface area (Å²) in [5.74, 6) is -0.689. The maximum absolute atomic E-state index is 11.7. The number of rotatable bonds is 7. The largest absolute Gasteiger partial charge is 0.513 e. The van der Waals surface area contributed by atoms with Crippen molar-refractivity contribution < 1.29 is 33.6 Å². The number of hydrogen-bond donors (Lipinski definition) is 0. The molecule has 2 rings (SSSR count). The second kappa shape index (κ2) is 11.6. The van der Waals surface area contributed by atoms with Gasteiger partial charge in [0.05, 0.1) is 15.4 Å². The first-order chi connectivity index (χ1) is 12.9. The minimum Gasteiger partial charge on any atom is -0.458 e. The maximum atomic E-state index is 11.7. The lowest BCUT2D eigenvalue weighted by Crippen LogP contribution is -2.16. The molecular formula is C18H20N2O9. The molecule has 29 heavy (non-hydrogen) atoms. The number of esters is 1. The van der Waals surface area contributed by atoms with Gasteiger partial charge in [0.2, 0.25) is 0 Å². The maximum Gasteiger partial charge on any atom is 0.513 e. The van der Waals surface area contributed by atoms with Gasteiger partial charge in [-0.25, -0.2) is 9.59 Å². The summed E-state index contributed by atoms with van der Waals surface area (Å²) in [5, 5.41) is 21.0. The molecule has 0 fully saturated rings. The molecule has 0 aliphatic rings. The number of ether oxygens (including phenoxy) is 3. The predicted octanol–water partition coefficient (Wildman–Crippen LogP) is 4.15. The highest BCUT2D eigenvalue weighted by molar-refractivity contribution is 5.89. The normalized spacial score (nSPS) is 9.24. The van der Waals surface area contributed by atoms with Crippen molar-refractivity contribution in [1.82, 2.24) is 0 Å². The van der Waals surface area contributed by atoms with Crippen LogP contribution in [0.15, 0.2) is 48.5 Å². The smallest absolute Gasteiger partial charge is 0.458 e. The van der Waals surface area contributed by atoms with E-state index in [2.05, 4.69) is 0 Å². The van der Waals surface area contributed by atoms with E-state index < -0.39 is 22.0 Å². The number of carbonyl (C=O) groups is 2. The molecule has 156 valence electrons. The summed E-state index contributed by atoms with van der Waals surface area (Å²) in [6.07, 6.45) is -1.07. The van der Waals surface area contributed by atoms with Gasteiger partial charge in [-0.05, 0) is 24.3 Å². The summed E-state index contributed by atoms with van der Waals surface area (Å²) >= 11 is 0. The lowest BCUT2D eigenvalue weighted by atomic mass is 10.2. The van der Waals surface area contributed by atoms with Crippen molar-refractivity contribution in [2.45, 2.75) is 14.9 Å². The Kier molecular flexibility index (Phi) is 10.0. The Bertz CT molecular complexity index is 849. The van der Waals surface area contributed by atoms with Crippen LogP contribution in [0.1, 0.15) is 25.2 Å². The Morgan fingerprint density at radius 3 is 1.69 bits per heavy atom. The first-order valence-electron chi connectivity index (χ1n) is 7.37. The van der Waals surface area contributed by atoms with Crippen molar-refractivity contribution in [1.29, 1.82) is 0 Å². The first kappa shape index (κ1) is 25.0. The number of nitro benzene ring substituents is 2. The van der Waals surface area contributed by atoms with Crippen molar-refractivity contribution in [2.75, 3.05) is 13.2 Å². The van der Waals surface area contributed by atoms with Crippen molar-refractivity contribution >= 4 is 23.5 Å². The Balaban J connectivity index is 0.00000392. The van der Waals surface area contributed by atoms with Crippen molar-refractivity contribution in [3.05, 3.63) is 74.3 Å². The second-order valence-corrected chi connectivity index (χ2v) is 4.89. The third kappa shape index (κ3) is 7.62. The first-order valence-corrected chi connectivity index (χ1v) is 7.37. The Hall–Kier alpha value is -4.02. The van der Waals surface area contributed by atoms with Crippen LogP contribution in [-0.4, -0.2) is 35.2 Å². The Morgan fingerprint density at radius 1 is 0.759 bits per heavy atom. The topological polar surface area (TPSA) is 148 Å². The highest BCUT2D eigenvalue weighted by atomic mass is 16.7. The molecule has 0 amide bonds. The van der Waals surface area contributed by atoms with Gasteiger partial charge in [0.15, 0.2) is 0 Å². The van der Waals surface area contributed by atoms with E-state index in [1.807, 2.05) is 0 Å². The molecule has 0 N–H and O–H groups in total. The molecule has 0 spiro atoms. The van der Waals surface area contributed by atoms with Crippen molar-refractivity contribution in [2.24, 2.45) is 0 Å². The highest BCUT2D eigenvalue weighted by Crippen LogP contribution is 2.17. The van der Waals surface area contributed by atoms with Crippen LogP contribution >= 0.6 is 0 Å². The van der Waals surface area contributed by atoms with Gasteiger partial charge >= 0.3 is 12.1 Å². The molecular weight excluding hydrogens is 388 g/mol. The van der Waals surface area contributed by atoms with Crippen LogP contribution in [0.2, 0.25) is 0 Å². The number of nitro groups is 2. The van der Waals surface area contributed by atoms with E-state index in [0.717, 1.165) is 24.3 Å². The average Bonchev–Trinajstić information content (AvgIpc) is 2.65. The van der Waals surface area contributed by atoms with E-state index in [1.54, 1.807) is 0 Å². The fraction of sp³-hybridized carbons (Fsp3) is 0.222. The van der Waals surface area contributed by atoms with E-state index >= 15 is 0 Å². The number of benzene rings is 2. The van der Waals surface area contributed by atoms with Crippen LogP contribution in [-0.2, 0) is 9.47 Å². The average molecular weight is 408 g/mol. The molecule has 0 heterocycles. The Morgan fingerprint density at radius 2 is 1.21 bits per heavy atom. The van der Waals surface area contributed by atoms with E-state index in [9.17, 15) is 29.8 Å². The standard InChI is InChI=1S/C16H12N2O9.2CH4/c19-15(11-1-3-12(4-2-11)17(21)22)25-9-10-26-16(20)27-14-7-5-13(6-8-14)18(23)24;;/h1-8H,9-10H2;2*1H4. The molecule has 11 nitrogen and oxygen atoms in total. The molecule has 0 radical (unpaired) electrons. The third-order valence-electron chi connectivity index (χ3n) is 3.10. The van der Waals surface area contributed by atoms with Crippen LogP contribution in [0.4, 0.5) is 16.2 Å². The SMILES string of the molecule is C.C.O=C(OCCOC(=O)c1ccc([N+](=O)[O-])cc1)Oc1ccc([N+](=O)[O-])cc1. The van der Waals surface area contributed by atoms with Gasteiger partial charge in [-0.1, -0.05) is 14.9 Å². The van der Waals surface area contributed by atoms with E-state index in [1.165, 1.54) is 24.3 Å². The van der Waals surface area contributed by atoms with Gasteiger partial charge in [0, 0.05) is 24.3 Å². The molecule has 0 aliphatic heterocycles. The fourth-order valence-electron chi connectivity index (χ4n) is 1.82. The van der Waals surface area contributed by atoms with Crippen LogP contribution in [0.5, 0.6) is 5.75 Å². The molecule has 0 aliphatic carbocycles. The van der Waals surface area contributed by atoms with Gasteiger partial charge in [0.1, 0.15) is 19.0 Å². The summed E-state index contributed by atoms with van der Waals surface area (Å²) in [4.78, 5) is 43.0. The quantitative estimate of drug-likeness (QED) is 0.216. The van der Waals surface area contributed by atoms with Gasteiger partial charge in [-0.15, -0.1) is 0 Å². The molecule has 0 atom stereocenters. The van der Waals surface area contributed by atoms with Crippen LogP contribution in [0.3, 0.4) is 0 Å². The van der Waals surface area contributed by atoms with Gasteiger partial charge < -0.3 is 14.2 Å². The molecule has 11 heteroatoms. The highest BCUT2D eigenvalue weighted by Gasteiger charge is 2.12. The fourth-order valence-corrected chi connectivity index (χ4v) is 1.82. The third-order valence-corrected chi connectivity index (χ3v) is 3.10. The second-order valence-electron chi connectivity index (χ2n) is 4.89. The zero-order valence-electron chi connectivity index (χ0n) is 13.6.